The molecule has 82 valence electrons. The number of aromatic nitrogens is 3. The maximum Gasteiger partial charge on any atom is 0.268 e. The van der Waals surface area contributed by atoms with Crippen molar-refractivity contribution in [2.75, 3.05) is 5.32 Å². The average Bonchev–Trinajstić information content (AvgIpc) is 2.77. The summed E-state index contributed by atoms with van der Waals surface area (Å²) in [5.41, 5.74) is 1.52. The van der Waals surface area contributed by atoms with Crippen LogP contribution in [0.1, 0.15) is 21.1 Å². The first-order valence-electron chi connectivity index (χ1n) is 4.69. The largest absolute Gasteiger partial charge is 0.288 e. The van der Waals surface area contributed by atoms with Crippen LogP contribution in [0.3, 0.4) is 0 Å². The summed E-state index contributed by atoms with van der Waals surface area (Å²) in [6, 6.07) is 3.56. The lowest BCUT2D eigenvalue weighted by atomic mass is 10.4. The van der Waals surface area contributed by atoms with Gasteiger partial charge in [0.15, 0.2) is 0 Å². The number of anilines is 1. The fraction of sp³-hybridized carbons (Fsp3) is 0.200. The molecule has 0 radical (unpaired) electrons. The molecule has 0 aromatic carbocycles. The van der Waals surface area contributed by atoms with Crippen LogP contribution >= 0.6 is 11.3 Å². The van der Waals surface area contributed by atoms with Gasteiger partial charge in [-0.15, -0.1) is 16.4 Å². The first-order chi connectivity index (χ1) is 7.66. The molecule has 2 aromatic rings. The molecule has 0 aliphatic rings. The number of thiophene rings is 1. The fourth-order valence-electron chi connectivity index (χ4n) is 1.08. The van der Waals surface area contributed by atoms with Gasteiger partial charge in [-0.1, -0.05) is 6.07 Å². The van der Waals surface area contributed by atoms with E-state index in [1.807, 2.05) is 25.3 Å². The highest BCUT2D eigenvalue weighted by Gasteiger charge is 2.09. The average molecular weight is 234 g/mol. The molecule has 2 heterocycles. The molecule has 0 saturated heterocycles. The van der Waals surface area contributed by atoms with E-state index < -0.39 is 0 Å². The van der Waals surface area contributed by atoms with E-state index in [1.165, 1.54) is 11.3 Å². The van der Waals surface area contributed by atoms with Crippen molar-refractivity contribution < 1.29 is 4.79 Å². The molecule has 0 aliphatic heterocycles. The zero-order valence-electron chi connectivity index (χ0n) is 8.89. The lowest BCUT2D eigenvalue weighted by Crippen LogP contribution is -2.14. The van der Waals surface area contributed by atoms with E-state index in [1.54, 1.807) is 6.07 Å². The van der Waals surface area contributed by atoms with Crippen molar-refractivity contribution in [3.8, 4) is 0 Å². The Kier molecular flexibility index (Phi) is 2.91. The number of carbonyl (C=O) groups is 1. The molecule has 5 nitrogen and oxygen atoms in total. The second-order valence-electron chi connectivity index (χ2n) is 3.24. The highest BCUT2D eigenvalue weighted by atomic mass is 32.1. The monoisotopic (exact) mass is 234 g/mol. The summed E-state index contributed by atoms with van der Waals surface area (Å²) in [5, 5.41) is 12.1. The quantitative estimate of drug-likeness (QED) is 0.860. The molecule has 1 amide bonds. The first kappa shape index (κ1) is 10.7. The highest BCUT2D eigenvalue weighted by Crippen LogP contribution is 2.10. The Morgan fingerprint density at radius 3 is 2.75 bits per heavy atom. The first-order valence-corrected chi connectivity index (χ1v) is 5.57. The Labute approximate surface area is 96.6 Å². The molecule has 0 bridgehead atoms. The van der Waals surface area contributed by atoms with Gasteiger partial charge in [-0.3, -0.25) is 10.1 Å². The summed E-state index contributed by atoms with van der Waals surface area (Å²) >= 11 is 1.37. The molecule has 0 aliphatic carbocycles. The number of nitrogens with zero attached hydrogens (tertiary/aromatic N) is 3. The zero-order valence-corrected chi connectivity index (χ0v) is 9.71. The Morgan fingerprint density at radius 2 is 2.12 bits per heavy atom. The number of amides is 1. The second kappa shape index (κ2) is 4.36. The standard InChI is InChI=1S/C10H10N4OS/c1-6-7(2)13-14-10(11-6)12-9(15)8-4-3-5-16-8/h3-5H,1-2H3,(H,11,12,14,15). The van der Waals surface area contributed by atoms with E-state index in [0.29, 0.717) is 4.88 Å². The fourth-order valence-corrected chi connectivity index (χ4v) is 1.70. The molecule has 16 heavy (non-hydrogen) atoms. The molecular weight excluding hydrogens is 224 g/mol. The van der Waals surface area contributed by atoms with Gasteiger partial charge in [0.1, 0.15) is 0 Å². The molecule has 2 aromatic heterocycles. The van der Waals surface area contributed by atoms with Gasteiger partial charge >= 0.3 is 0 Å². The van der Waals surface area contributed by atoms with Crippen molar-refractivity contribution >= 4 is 23.2 Å². The number of nitrogens with one attached hydrogen (secondary N) is 1. The predicted octanol–water partition coefficient (Wildman–Crippen LogP) is 1.80. The Bertz CT molecular complexity index is 510. The van der Waals surface area contributed by atoms with Crippen LogP contribution in [0.2, 0.25) is 0 Å². The van der Waals surface area contributed by atoms with Crippen LogP contribution in [0, 0.1) is 13.8 Å². The van der Waals surface area contributed by atoms with Crippen LogP contribution in [0.4, 0.5) is 5.95 Å². The minimum atomic E-state index is -0.208. The van der Waals surface area contributed by atoms with E-state index in [9.17, 15) is 4.79 Å². The SMILES string of the molecule is Cc1nnc(NC(=O)c2cccs2)nc1C. The van der Waals surface area contributed by atoms with Crippen molar-refractivity contribution in [3.05, 3.63) is 33.8 Å². The van der Waals surface area contributed by atoms with Gasteiger partial charge < -0.3 is 0 Å². The molecule has 0 spiro atoms. The van der Waals surface area contributed by atoms with Crippen LogP contribution in [0.25, 0.3) is 0 Å². The minimum Gasteiger partial charge on any atom is -0.288 e. The van der Waals surface area contributed by atoms with Crippen LogP contribution in [-0.2, 0) is 0 Å². The topological polar surface area (TPSA) is 67.8 Å². The highest BCUT2D eigenvalue weighted by molar-refractivity contribution is 7.12. The lowest BCUT2D eigenvalue weighted by Gasteiger charge is -2.02. The molecular formula is C10H10N4OS. The van der Waals surface area contributed by atoms with E-state index in [2.05, 4.69) is 20.5 Å². The predicted molar refractivity (Wildman–Crippen MR) is 61.6 cm³/mol. The third-order valence-corrected chi connectivity index (χ3v) is 2.93. The second-order valence-corrected chi connectivity index (χ2v) is 4.19. The number of hydrogen-bond donors (Lipinski definition) is 1. The van der Waals surface area contributed by atoms with Crippen LogP contribution < -0.4 is 5.32 Å². The summed E-state index contributed by atoms with van der Waals surface area (Å²) < 4.78 is 0. The van der Waals surface area contributed by atoms with Gasteiger partial charge in [0.05, 0.1) is 16.3 Å². The van der Waals surface area contributed by atoms with Crippen molar-refractivity contribution in [1.82, 2.24) is 15.2 Å². The zero-order chi connectivity index (χ0) is 11.5. The van der Waals surface area contributed by atoms with Gasteiger partial charge in [-0.05, 0) is 25.3 Å². The maximum atomic E-state index is 11.7. The number of rotatable bonds is 2. The van der Waals surface area contributed by atoms with Crippen LogP contribution in [0.5, 0.6) is 0 Å². The van der Waals surface area contributed by atoms with Gasteiger partial charge in [-0.2, -0.15) is 5.10 Å². The van der Waals surface area contributed by atoms with E-state index >= 15 is 0 Å². The normalized spacial score (nSPS) is 10.1. The third-order valence-electron chi connectivity index (χ3n) is 2.06. The van der Waals surface area contributed by atoms with Gasteiger partial charge in [-0.25, -0.2) is 4.98 Å². The summed E-state index contributed by atoms with van der Waals surface area (Å²) in [4.78, 5) is 16.4. The molecule has 1 N–H and O–H groups in total. The van der Waals surface area contributed by atoms with Crippen LogP contribution in [-0.4, -0.2) is 21.1 Å². The van der Waals surface area contributed by atoms with Gasteiger partial charge in [0.2, 0.25) is 5.95 Å². The summed E-state index contributed by atoms with van der Waals surface area (Å²) in [5.74, 6) is 0.0292. The third kappa shape index (κ3) is 2.22. The minimum absolute atomic E-state index is 0.208. The Morgan fingerprint density at radius 1 is 1.31 bits per heavy atom. The van der Waals surface area contributed by atoms with Gasteiger partial charge in [0, 0.05) is 0 Å². The Hall–Kier alpha value is -1.82. The number of hydrogen-bond acceptors (Lipinski definition) is 5. The van der Waals surface area contributed by atoms with Crippen LogP contribution in [0.15, 0.2) is 17.5 Å². The van der Waals surface area contributed by atoms with Crippen molar-refractivity contribution in [2.45, 2.75) is 13.8 Å². The van der Waals surface area contributed by atoms with E-state index in [4.69, 9.17) is 0 Å². The summed E-state index contributed by atoms with van der Waals surface area (Å²) in [6.45, 7) is 3.64. The molecule has 6 heteroatoms. The number of aryl methyl sites for hydroxylation is 2. The molecule has 2 rings (SSSR count). The number of carbonyl (C=O) groups excluding carboxylic acids is 1. The Balaban J connectivity index is 2.15. The summed E-state index contributed by atoms with van der Waals surface area (Å²) in [6.07, 6.45) is 0. The van der Waals surface area contributed by atoms with Crippen molar-refractivity contribution in [2.24, 2.45) is 0 Å². The molecule has 0 atom stereocenters. The van der Waals surface area contributed by atoms with Crippen molar-refractivity contribution in [3.63, 3.8) is 0 Å². The van der Waals surface area contributed by atoms with Gasteiger partial charge in [0.25, 0.3) is 5.91 Å². The molecule has 0 saturated carbocycles. The lowest BCUT2D eigenvalue weighted by molar-refractivity contribution is 0.102. The maximum absolute atomic E-state index is 11.7. The molecule has 0 fully saturated rings. The summed E-state index contributed by atoms with van der Waals surface area (Å²) in [7, 11) is 0. The van der Waals surface area contributed by atoms with Crippen molar-refractivity contribution in [1.29, 1.82) is 0 Å². The smallest absolute Gasteiger partial charge is 0.268 e. The van der Waals surface area contributed by atoms with E-state index in [0.717, 1.165) is 11.4 Å². The van der Waals surface area contributed by atoms with E-state index in [-0.39, 0.29) is 11.9 Å². The molecule has 0 unspecified atom stereocenters.